The Morgan fingerprint density at radius 3 is 2.32 bits per heavy atom. The summed E-state index contributed by atoms with van der Waals surface area (Å²) in [6, 6.07) is -1.29. The monoisotopic (exact) mass is 968 g/mol. The van der Waals surface area contributed by atoms with Crippen molar-refractivity contribution in [3.8, 4) is 0 Å². The molecule has 18 nitrogen and oxygen atoms in total. The van der Waals surface area contributed by atoms with Crippen molar-refractivity contribution in [3.63, 3.8) is 0 Å². The van der Waals surface area contributed by atoms with E-state index in [9.17, 15) is 39.3 Å². The number of cyclic esters (lactones) is 1. The van der Waals surface area contributed by atoms with Crippen molar-refractivity contribution in [2.24, 2.45) is 29.6 Å². The van der Waals surface area contributed by atoms with Gasteiger partial charge in [-0.1, -0.05) is 64.2 Å². The van der Waals surface area contributed by atoms with Crippen molar-refractivity contribution >= 4 is 29.2 Å². The number of nitrogens with zero attached hydrogens (tertiary/aromatic N) is 5. The van der Waals surface area contributed by atoms with Crippen LogP contribution in [0.15, 0.2) is 53.9 Å². The lowest BCUT2D eigenvalue weighted by molar-refractivity contribution is -0.282. The van der Waals surface area contributed by atoms with E-state index in [2.05, 4.69) is 15.5 Å². The van der Waals surface area contributed by atoms with E-state index in [1.165, 1.54) is 14.2 Å². The molecule has 2 bridgehead atoms. The molecule has 1 amide bonds. The SMILES string of the molecule is COC1C(=O)[C@H](C)C[C@H](C)/C=C/C=C/C=C(\C)[C@@H](OC)C[C@@H]2CCC(O)[C@@](O)(O2)C(=O)C(=O)N2CCCC[C@H]2C(=O)O[C@H]([C@H](C)C[C@@H]2CCC(n3cnnn3)[C@H](OC)C2)CC(=O)[C@H](C)/C=C(\C)[C@H]1O. The number of carbonyl (C=O) groups is 5. The number of rotatable bonds is 7. The minimum absolute atomic E-state index is 0.00341. The molecule has 1 saturated carbocycles. The third-order valence-corrected chi connectivity index (χ3v) is 14.8. The number of hydrogen-bond donors (Lipinski definition) is 3. The second-order valence-corrected chi connectivity index (χ2v) is 20.0. The summed E-state index contributed by atoms with van der Waals surface area (Å²) in [7, 11) is 4.55. The smallest absolute Gasteiger partial charge is 0.329 e. The van der Waals surface area contributed by atoms with E-state index in [0.717, 1.165) is 23.3 Å². The Hall–Kier alpha value is -4.30. The fraction of sp³-hybridized carbons (Fsp3) is 0.725. The van der Waals surface area contributed by atoms with E-state index < -0.39 is 77.9 Å². The lowest BCUT2D eigenvalue weighted by Gasteiger charge is -2.42. The second-order valence-electron chi connectivity index (χ2n) is 20.0. The quantitative estimate of drug-likeness (QED) is 0.189. The summed E-state index contributed by atoms with van der Waals surface area (Å²) in [4.78, 5) is 71.8. The Labute approximate surface area is 406 Å². The number of methoxy groups -OCH3 is 3. The maximum Gasteiger partial charge on any atom is 0.329 e. The standard InChI is InChI=1S/C51H77N5O13/c1-30-15-11-10-12-16-31(2)41(65-7)27-37-19-21-44(58)51(64,69-37)48(61)49(62)55-22-14-13-17-39(55)50(63)68-42(33(4)25-36-18-20-38(43(26-36)66-8)56-29-52-53-54-56)28-40(57)32(3)24-35(6)46(60)47(67-9)45(59)34(5)23-30/h10-12,15-16,24,29-30,32-34,36-39,41-44,46-47,58,60,64H,13-14,17-23,25-28H2,1-9H3/b12-10+,15-11+,31-16+,35-24+/t30-,32-,33-,34-,36+,37+,38?,39+,41+,42+,43-,44?,46-,47?,51-/m1/s1. The molecule has 0 aromatic carbocycles. The summed E-state index contributed by atoms with van der Waals surface area (Å²) in [5.74, 6) is -8.29. The van der Waals surface area contributed by atoms with Crippen LogP contribution in [0, 0.1) is 29.6 Å². The topological polar surface area (TPSA) is 239 Å². The predicted octanol–water partition coefficient (Wildman–Crippen LogP) is 4.77. The minimum atomic E-state index is -2.88. The van der Waals surface area contributed by atoms with Crippen molar-refractivity contribution in [2.75, 3.05) is 27.9 Å². The number of aliphatic hydroxyl groups is 3. The highest BCUT2D eigenvalue weighted by Gasteiger charge is 2.54. The van der Waals surface area contributed by atoms with Crippen LogP contribution in [0.25, 0.3) is 0 Å². The Balaban J connectivity index is 1.46. The third kappa shape index (κ3) is 14.2. The molecule has 384 valence electrons. The van der Waals surface area contributed by atoms with Gasteiger partial charge in [-0.25, -0.2) is 9.48 Å². The summed E-state index contributed by atoms with van der Waals surface area (Å²) in [5.41, 5.74) is 1.19. The first-order valence-electron chi connectivity index (χ1n) is 24.7. The van der Waals surface area contributed by atoms with Crippen LogP contribution in [0.2, 0.25) is 0 Å². The molecule has 18 heteroatoms. The first-order valence-corrected chi connectivity index (χ1v) is 24.7. The van der Waals surface area contributed by atoms with Gasteiger partial charge in [0.2, 0.25) is 0 Å². The van der Waals surface area contributed by atoms with Crippen LogP contribution in [0.3, 0.4) is 0 Å². The number of Topliss-reactive ketones (excluding diaryl/α,β-unsaturated/α-hetero) is 3. The molecule has 5 rings (SSSR count). The minimum Gasteiger partial charge on any atom is -0.460 e. The van der Waals surface area contributed by atoms with Crippen LogP contribution in [-0.2, 0) is 47.7 Å². The number of aliphatic hydroxyl groups excluding tert-OH is 2. The van der Waals surface area contributed by atoms with E-state index in [1.807, 2.05) is 51.2 Å². The summed E-state index contributed by atoms with van der Waals surface area (Å²) in [6.07, 6.45) is 10.6. The largest absolute Gasteiger partial charge is 0.460 e. The lowest BCUT2D eigenvalue weighted by Crippen LogP contribution is -2.63. The first-order chi connectivity index (χ1) is 32.8. The second kappa shape index (κ2) is 25.7. The normalized spacial score (nSPS) is 38.8. The number of ether oxygens (including phenoxy) is 5. The number of tetrazole rings is 1. The van der Waals surface area contributed by atoms with Crippen molar-refractivity contribution in [2.45, 2.75) is 179 Å². The van der Waals surface area contributed by atoms with Gasteiger partial charge in [0.1, 0.15) is 42.6 Å². The van der Waals surface area contributed by atoms with Crippen molar-refractivity contribution in [3.05, 3.63) is 53.9 Å². The number of carbonyl (C=O) groups excluding carboxylic acids is 5. The summed E-state index contributed by atoms with van der Waals surface area (Å²) in [6.45, 7) is 10.9. The zero-order valence-corrected chi connectivity index (χ0v) is 42.0. The Kier molecular flexibility index (Phi) is 20.7. The average Bonchev–Trinajstić information content (AvgIpc) is 3.88. The maximum absolute atomic E-state index is 14.5. The van der Waals surface area contributed by atoms with Gasteiger partial charge in [-0.3, -0.25) is 19.2 Å². The van der Waals surface area contributed by atoms with Gasteiger partial charge >= 0.3 is 5.97 Å². The molecule has 3 unspecified atom stereocenters. The number of amides is 1. The van der Waals surface area contributed by atoms with Gasteiger partial charge < -0.3 is 43.9 Å². The van der Waals surface area contributed by atoms with Gasteiger partial charge in [-0.05, 0) is 117 Å². The predicted molar refractivity (Wildman–Crippen MR) is 253 cm³/mol. The lowest BCUT2D eigenvalue weighted by atomic mass is 9.77. The van der Waals surface area contributed by atoms with Crippen LogP contribution >= 0.6 is 0 Å². The maximum atomic E-state index is 14.5. The number of aromatic nitrogens is 4. The molecule has 1 aromatic heterocycles. The summed E-state index contributed by atoms with van der Waals surface area (Å²) < 4.78 is 31.2. The highest BCUT2D eigenvalue weighted by Crippen LogP contribution is 2.39. The van der Waals surface area contributed by atoms with E-state index in [0.29, 0.717) is 37.7 Å². The molecule has 3 aliphatic heterocycles. The highest BCUT2D eigenvalue weighted by molar-refractivity contribution is 6.39. The molecule has 4 aliphatic rings. The van der Waals surface area contributed by atoms with Crippen molar-refractivity contribution in [1.82, 2.24) is 25.1 Å². The van der Waals surface area contributed by atoms with Crippen LogP contribution in [-0.4, -0.2) is 152 Å². The Morgan fingerprint density at radius 2 is 1.64 bits per heavy atom. The fourth-order valence-electron chi connectivity index (χ4n) is 10.5. The Bertz CT molecular complexity index is 2020. The molecule has 4 heterocycles. The molecule has 2 saturated heterocycles. The van der Waals surface area contributed by atoms with Crippen LogP contribution in [0.5, 0.6) is 0 Å². The summed E-state index contributed by atoms with van der Waals surface area (Å²) >= 11 is 0. The van der Waals surface area contributed by atoms with Gasteiger partial charge in [-0.2, -0.15) is 0 Å². The van der Waals surface area contributed by atoms with Crippen LogP contribution < -0.4 is 0 Å². The molecule has 3 N–H and O–H groups in total. The number of allylic oxidation sites excluding steroid dienone is 6. The van der Waals surface area contributed by atoms with E-state index >= 15 is 0 Å². The number of fused-ring (bicyclic) bond motifs is 3. The van der Waals surface area contributed by atoms with Gasteiger partial charge in [-0.15, -0.1) is 5.10 Å². The molecule has 69 heavy (non-hydrogen) atoms. The number of piperidine rings is 1. The van der Waals surface area contributed by atoms with Gasteiger partial charge in [0.25, 0.3) is 17.5 Å². The number of hydrogen-bond acceptors (Lipinski definition) is 16. The number of ketones is 3. The Morgan fingerprint density at radius 1 is 0.884 bits per heavy atom. The highest BCUT2D eigenvalue weighted by atomic mass is 16.7. The molecule has 1 aliphatic carbocycles. The van der Waals surface area contributed by atoms with Gasteiger partial charge in [0.15, 0.2) is 5.78 Å². The van der Waals surface area contributed by atoms with Crippen LogP contribution in [0.4, 0.5) is 0 Å². The third-order valence-electron chi connectivity index (χ3n) is 14.8. The fourth-order valence-corrected chi connectivity index (χ4v) is 10.5. The molecule has 0 radical (unpaired) electrons. The first kappa shape index (κ1) is 55.6. The van der Waals surface area contributed by atoms with Crippen molar-refractivity contribution < 1.29 is 63.0 Å². The molecule has 0 spiro atoms. The molecule has 15 atom stereocenters. The summed E-state index contributed by atoms with van der Waals surface area (Å²) in [5, 5.41) is 45.9. The van der Waals surface area contributed by atoms with Crippen molar-refractivity contribution in [1.29, 1.82) is 0 Å². The molecular weight excluding hydrogens is 891 g/mol. The average molecular weight is 968 g/mol. The molecule has 3 fully saturated rings. The van der Waals surface area contributed by atoms with Gasteiger partial charge in [0, 0.05) is 52.6 Å². The van der Waals surface area contributed by atoms with E-state index in [-0.39, 0.29) is 80.1 Å². The zero-order chi connectivity index (χ0) is 50.6. The molecular formula is C51H77N5O13. The zero-order valence-electron chi connectivity index (χ0n) is 42.0. The number of esters is 1. The van der Waals surface area contributed by atoms with Crippen LogP contribution in [0.1, 0.15) is 125 Å². The van der Waals surface area contributed by atoms with E-state index in [4.69, 9.17) is 23.7 Å². The van der Waals surface area contributed by atoms with Gasteiger partial charge in [0.05, 0.1) is 24.4 Å². The van der Waals surface area contributed by atoms with E-state index in [1.54, 1.807) is 45.0 Å². The molecule has 1 aromatic rings.